The molecular weight excluding hydrogens is 318 g/mol. The van der Waals surface area contributed by atoms with Gasteiger partial charge in [0, 0.05) is 0 Å². The van der Waals surface area contributed by atoms with Gasteiger partial charge in [-0.25, -0.2) is 9.13 Å². The summed E-state index contributed by atoms with van der Waals surface area (Å²) < 4.78 is 51.9. The average Bonchev–Trinajstić information content (AvgIpc) is 1.97. The molecule has 10 nitrogen and oxygen atoms in total. The Kier molecular flexibility index (Phi) is 11.3. The fraction of sp³-hybridized carbons (Fsp3) is 1.00. The van der Waals surface area contributed by atoms with Crippen LogP contribution < -0.4 is 0 Å². The second-order valence-electron chi connectivity index (χ2n) is 2.51. The van der Waals surface area contributed by atoms with E-state index in [1.165, 1.54) is 0 Å². The van der Waals surface area contributed by atoms with E-state index in [1.54, 1.807) is 0 Å². The maximum absolute atomic E-state index is 10.7. The van der Waals surface area contributed by atoms with Crippen molar-refractivity contribution in [2.45, 2.75) is 19.8 Å². The van der Waals surface area contributed by atoms with Gasteiger partial charge in [0.2, 0.25) is 0 Å². The molecule has 0 aliphatic rings. The molecule has 5 N–H and O–H groups in total. The van der Waals surface area contributed by atoms with Gasteiger partial charge in [-0.05, 0) is 6.42 Å². The van der Waals surface area contributed by atoms with Gasteiger partial charge < -0.3 is 14.7 Å². The first-order valence-corrected chi connectivity index (χ1v) is 9.22. The molecule has 104 valence electrons. The van der Waals surface area contributed by atoms with Crippen molar-refractivity contribution in [3.63, 3.8) is 0 Å². The van der Waals surface area contributed by atoms with E-state index in [9.17, 15) is 9.13 Å². The summed E-state index contributed by atoms with van der Waals surface area (Å²) in [5.74, 6) is 0. The van der Waals surface area contributed by atoms with Crippen LogP contribution in [0.3, 0.4) is 0 Å². The summed E-state index contributed by atoms with van der Waals surface area (Å²) in [6, 6.07) is 0. The van der Waals surface area contributed by atoms with Crippen LogP contribution in [0, 0.1) is 0 Å². The van der Waals surface area contributed by atoms with Gasteiger partial charge in [-0.15, -0.1) is 0 Å². The van der Waals surface area contributed by atoms with E-state index in [0.29, 0.717) is 6.42 Å². The van der Waals surface area contributed by atoms with Gasteiger partial charge in [0.15, 0.2) is 0 Å². The quantitative estimate of drug-likeness (QED) is 0.249. The molecule has 0 aliphatic carbocycles. The van der Waals surface area contributed by atoms with E-state index in [2.05, 4.69) is 8.83 Å². The normalized spacial score (nSPS) is 14.5. The van der Waals surface area contributed by atoms with Gasteiger partial charge in [0.1, 0.15) is 0 Å². The molecule has 17 heavy (non-hydrogen) atoms. The maximum atomic E-state index is 10.7. The molecule has 0 aromatic rings. The van der Waals surface area contributed by atoms with Gasteiger partial charge in [0.25, 0.3) is 0 Å². The van der Waals surface area contributed by atoms with Crippen LogP contribution in [0.2, 0.25) is 0 Å². The Hall–Kier alpha value is 0.694. The molecule has 1 atom stereocenters. The van der Waals surface area contributed by atoms with Crippen molar-refractivity contribution in [3.05, 3.63) is 0 Å². The van der Waals surface area contributed by atoms with E-state index in [1.807, 2.05) is 6.92 Å². The van der Waals surface area contributed by atoms with E-state index < -0.39 is 34.3 Å². The second-order valence-corrected chi connectivity index (χ2v) is 6.22. The van der Waals surface area contributed by atoms with E-state index in [-0.39, 0.29) is 6.61 Å². The monoisotopic (exact) mass is 332 g/mol. The molecule has 0 rings (SSSR count). The first-order chi connectivity index (χ1) is 7.50. The van der Waals surface area contributed by atoms with Crippen LogP contribution in [0.4, 0.5) is 0 Å². The van der Waals surface area contributed by atoms with E-state index in [0.717, 1.165) is 6.42 Å². The van der Waals surface area contributed by atoms with Crippen molar-refractivity contribution in [1.82, 2.24) is 0 Å². The van der Waals surface area contributed by atoms with Gasteiger partial charge in [-0.1, -0.05) is 13.3 Å². The topological polar surface area (TPSA) is 171 Å². The van der Waals surface area contributed by atoms with Gasteiger partial charge in [-0.2, -0.15) is 4.31 Å². The van der Waals surface area contributed by atoms with Crippen LogP contribution in [0.15, 0.2) is 0 Å². The molecule has 0 heterocycles. The summed E-state index contributed by atoms with van der Waals surface area (Å²) in [5, 5.41) is 0. The zero-order valence-electron chi connectivity index (χ0n) is 8.79. The van der Waals surface area contributed by atoms with Crippen LogP contribution in [-0.2, 0) is 39.9 Å². The Labute approximate surface area is 104 Å². The number of unbranched alkanes of at least 4 members (excludes halogenated alkanes) is 1. The molecular formula is C4H14O10P2Ti. The van der Waals surface area contributed by atoms with Crippen molar-refractivity contribution >= 4 is 15.6 Å². The molecule has 0 fully saturated rings. The third kappa shape index (κ3) is 22.4. The molecule has 0 amide bonds. The Bertz CT molecular complexity index is 307. The SMILES string of the molecule is CCCCOP(=O)(O)OP(=O)(O)O.[O]=[Ti]([OH])[OH]. The summed E-state index contributed by atoms with van der Waals surface area (Å²) in [4.78, 5) is 25.1. The van der Waals surface area contributed by atoms with Crippen molar-refractivity contribution in [2.75, 3.05) is 6.61 Å². The third-order valence-electron chi connectivity index (χ3n) is 0.962. The Morgan fingerprint density at radius 3 is 1.88 bits per heavy atom. The van der Waals surface area contributed by atoms with Gasteiger partial charge >= 0.3 is 45.0 Å². The predicted octanol–water partition coefficient (Wildman–Crippen LogP) is -0.223. The van der Waals surface area contributed by atoms with Gasteiger partial charge in [0.05, 0.1) is 6.61 Å². The average molecular weight is 332 g/mol. The van der Waals surface area contributed by atoms with E-state index >= 15 is 0 Å². The second kappa shape index (κ2) is 9.60. The summed E-state index contributed by atoms with van der Waals surface area (Å²) in [6.07, 6.45) is 1.24. The van der Waals surface area contributed by atoms with Crippen molar-refractivity contribution < 1.29 is 62.0 Å². The molecule has 0 aromatic heterocycles. The molecule has 13 heteroatoms. The number of rotatable bonds is 6. The molecule has 0 radical (unpaired) electrons. The molecule has 1 unspecified atom stereocenters. The van der Waals surface area contributed by atoms with E-state index in [4.69, 9.17) is 25.4 Å². The van der Waals surface area contributed by atoms with Crippen molar-refractivity contribution in [1.29, 1.82) is 0 Å². The molecule has 0 saturated heterocycles. The van der Waals surface area contributed by atoms with Gasteiger partial charge in [-0.3, -0.25) is 4.52 Å². The molecule has 0 aromatic carbocycles. The molecule has 0 bridgehead atoms. The van der Waals surface area contributed by atoms with Crippen molar-refractivity contribution in [2.24, 2.45) is 0 Å². The molecule has 0 aliphatic heterocycles. The number of hydrogen-bond donors (Lipinski definition) is 5. The van der Waals surface area contributed by atoms with Crippen LogP contribution in [0.25, 0.3) is 0 Å². The van der Waals surface area contributed by atoms with Crippen LogP contribution >= 0.6 is 15.6 Å². The van der Waals surface area contributed by atoms with Crippen LogP contribution in [0.5, 0.6) is 0 Å². The predicted molar refractivity (Wildman–Crippen MR) is 48.9 cm³/mol. The summed E-state index contributed by atoms with van der Waals surface area (Å²) in [6.45, 7) is 1.75. The minimum atomic E-state index is -4.97. The number of phosphoric ester groups is 1. The molecule has 0 spiro atoms. The Morgan fingerprint density at radius 1 is 1.18 bits per heavy atom. The minimum absolute atomic E-state index is 0.0791. The fourth-order valence-electron chi connectivity index (χ4n) is 0.482. The van der Waals surface area contributed by atoms with Crippen LogP contribution in [-0.4, -0.2) is 28.7 Å². The standard InChI is InChI=1S/C4H12O7P2.2H2O.O.Ti/c1-2-3-4-10-13(8,9)11-12(5,6)7;;;;/h2-4H2,1H3,(H,8,9)(H2,5,6,7);2*1H2;;/q;;;;+2/p-2. The van der Waals surface area contributed by atoms with Crippen LogP contribution in [0.1, 0.15) is 19.8 Å². The zero-order valence-corrected chi connectivity index (χ0v) is 12.1. The first kappa shape index (κ1) is 20.0. The number of phosphoric acid groups is 2. The zero-order chi connectivity index (χ0) is 14.1. The fourth-order valence-corrected chi connectivity index (χ4v) is 2.11. The number of hydrogen-bond acceptors (Lipinski definition) is 5. The summed E-state index contributed by atoms with van der Waals surface area (Å²) in [7, 11) is -9.58. The Morgan fingerprint density at radius 2 is 1.59 bits per heavy atom. The summed E-state index contributed by atoms with van der Waals surface area (Å²) >= 11 is -3.58. The summed E-state index contributed by atoms with van der Waals surface area (Å²) in [5.41, 5.74) is 0. The molecule has 0 saturated carbocycles. The first-order valence-electron chi connectivity index (χ1n) is 4.16. The third-order valence-corrected chi connectivity index (χ3v) is 3.15. The Balaban J connectivity index is 0. The van der Waals surface area contributed by atoms with Crippen molar-refractivity contribution in [3.8, 4) is 0 Å².